The van der Waals surface area contributed by atoms with E-state index in [4.69, 9.17) is 0 Å². The lowest BCUT2D eigenvalue weighted by Gasteiger charge is -2.13. The zero-order valence-corrected chi connectivity index (χ0v) is 15.8. The quantitative estimate of drug-likeness (QED) is 0.767. The molecule has 1 aliphatic heterocycles. The van der Waals surface area contributed by atoms with Crippen molar-refractivity contribution >= 4 is 33.4 Å². The molecule has 136 valence electrons. The molecule has 1 amide bonds. The predicted octanol–water partition coefficient (Wildman–Crippen LogP) is 2.17. The number of carbonyl (C=O) groups excluding carboxylic acids is 1. The molecule has 0 spiro atoms. The van der Waals surface area contributed by atoms with Gasteiger partial charge in [0.1, 0.15) is 0 Å². The van der Waals surface area contributed by atoms with Crippen LogP contribution in [0.4, 0.5) is 0 Å². The van der Waals surface area contributed by atoms with E-state index in [1.807, 2.05) is 13.0 Å². The molecule has 0 aromatic heterocycles. The lowest BCUT2D eigenvalue weighted by atomic mass is 10.1. The van der Waals surface area contributed by atoms with Crippen LogP contribution in [-0.2, 0) is 10.0 Å². The van der Waals surface area contributed by atoms with Gasteiger partial charge in [-0.25, -0.2) is 4.83 Å². The fourth-order valence-corrected chi connectivity index (χ4v) is 4.37. The monoisotopic (exact) mass is 389 g/mol. The molecule has 8 heteroatoms. The van der Waals surface area contributed by atoms with Gasteiger partial charge in [-0.3, -0.25) is 4.79 Å². The van der Waals surface area contributed by atoms with E-state index in [0.29, 0.717) is 22.8 Å². The molecule has 1 saturated heterocycles. The normalized spacial score (nSPS) is 18.7. The molecule has 0 aliphatic carbocycles. The molecule has 2 N–H and O–H groups in total. The Balaban J connectivity index is 1.69. The van der Waals surface area contributed by atoms with E-state index in [-0.39, 0.29) is 16.8 Å². The summed E-state index contributed by atoms with van der Waals surface area (Å²) in [6.07, 6.45) is 0. The summed E-state index contributed by atoms with van der Waals surface area (Å²) in [4.78, 5) is 14.7. The number of hydrogen-bond acceptors (Lipinski definition) is 5. The maximum absolute atomic E-state index is 12.3. The Morgan fingerprint density at radius 2 is 1.81 bits per heavy atom. The van der Waals surface area contributed by atoms with E-state index in [9.17, 15) is 13.2 Å². The average Bonchev–Trinajstić information content (AvgIpc) is 3.08. The molecule has 1 fully saturated rings. The molecule has 1 unspecified atom stereocenters. The number of nitrogens with zero attached hydrogens (tertiary/aromatic N) is 1. The second-order valence-corrected chi connectivity index (χ2v) is 8.61. The van der Waals surface area contributed by atoms with Crippen LogP contribution in [0.1, 0.15) is 15.9 Å². The number of benzene rings is 2. The van der Waals surface area contributed by atoms with Crippen LogP contribution in [0.3, 0.4) is 0 Å². The topological polar surface area (TPSA) is 87.6 Å². The lowest BCUT2D eigenvalue weighted by molar-refractivity contribution is 0.0950. The number of rotatable bonds is 5. The Morgan fingerprint density at radius 1 is 1.12 bits per heavy atom. The van der Waals surface area contributed by atoms with Crippen LogP contribution in [0.5, 0.6) is 0 Å². The number of carbonyl (C=O) groups is 1. The first-order valence-corrected chi connectivity index (χ1v) is 10.7. The number of sulfonamides is 1. The van der Waals surface area contributed by atoms with Crippen molar-refractivity contribution in [1.82, 2.24) is 10.1 Å². The van der Waals surface area contributed by atoms with Gasteiger partial charge < -0.3 is 5.32 Å². The summed E-state index contributed by atoms with van der Waals surface area (Å²) in [5.74, 6) is 1.02. The number of nitrogens with one attached hydrogen (secondary N) is 2. The van der Waals surface area contributed by atoms with Crippen molar-refractivity contribution in [2.24, 2.45) is 5.10 Å². The Bertz CT molecular complexity index is 910. The highest BCUT2D eigenvalue weighted by atomic mass is 32.2. The maximum atomic E-state index is 12.3. The minimum atomic E-state index is -3.73. The molecule has 2 aromatic rings. The first-order valence-electron chi connectivity index (χ1n) is 8.04. The second kappa shape index (κ2) is 7.92. The number of thioether (sulfide) groups is 1. The minimum Gasteiger partial charge on any atom is -0.343 e. The van der Waals surface area contributed by atoms with Gasteiger partial charge in [0.05, 0.1) is 16.6 Å². The number of hydrazone groups is 1. The molecule has 2 aromatic carbocycles. The van der Waals surface area contributed by atoms with E-state index in [1.165, 1.54) is 12.1 Å². The fourth-order valence-electron chi connectivity index (χ4n) is 2.43. The van der Waals surface area contributed by atoms with Gasteiger partial charge in [-0.15, -0.1) is 0 Å². The summed E-state index contributed by atoms with van der Waals surface area (Å²) in [6, 6.07) is 15.1. The third-order valence-corrected chi connectivity index (χ3v) is 6.21. The zero-order chi connectivity index (χ0) is 18.6. The van der Waals surface area contributed by atoms with Crippen LogP contribution >= 0.6 is 11.8 Å². The first kappa shape index (κ1) is 18.5. The van der Waals surface area contributed by atoms with Gasteiger partial charge in [0, 0.05) is 17.1 Å². The minimum absolute atomic E-state index is 0.156. The van der Waals surface area contributed by atoms with Crippen molar-refractivity contribution in [2.45, 2.75) is 17.9 Å². The van der Waals surface area contributed by atoms with E-state index >= 15 is 0 Å². The van der Waals surface area contributed by atoms with Gasteiger partial charge in [0.2, 0.25) is 0 Å². The third-order valence-electron chi connectivity index (χ3n) is 3.92. The van der Waals surface area contributed by atoms with Crippen LogP contribution in [0.25, 0.3) is 0 Å². The smallest absolute Gasteiger partial charge is 0.276 e. The summed E-state index contributed by atoms with van der Waals surface area (Å²) in [6.45, 7) is 1.89. The average molecular weight is 390 g/mol. The summed E-state index contributed by atoms with van der Waals surface area (Å²) in [5, 5.41) is 6.97. The number of aryl methyl sites for hydroxylation is 1. The molecule has 1 heterocycles. The van der Waals surface area contributed by atoms with E-state index in [0.717, 1.165) is 5.56 Å². The molecule has 0 saturated carbocycles. The van der Waals surface area contributed by atoms with Gasteiger partial charge in [-0.05, 0) is 31.2 Å². The molecule has 1 atom stereocenters. The molecule has 26 heavy (non-hydrogen) atoms. The molecular weight excluding hydrogens is 370 g/mol. The van der Waals surface area contributed by atoms with Crippen molar-refractivity contribution < 1.29 is 13.2 Å². The summed E-state index contributed by atoms with van der Waals surface area (Å²) < 4.78 is 24.7. The van der Waals surface area contributed by atoms with Crippen molar-refractivity contribution in [3.63, 3.8) is 0 Å². The Hall–Kier alpha value is -2.32. The lowest BCUT2D eigenvalue weighted by Crippen LogP contribution is -2.41. The maximum Gasteiger partial charge on any atom is 0.276 e. The SMILES string of the molecule is Cc1ccc(S(=O)(=O)N/N=C2/CSCC2NC(=O)c2ccccc2)cc1. The summed E-state index contributed by atoms with van der Waals surface area (Å²) >= 11 is 1.60. The number of amides is 1. The molecule has 6 nitrogen and oxygen atoms in total. The van der Waals surface area contributed by atoms with Crippen LogP contribution in [0, 0.1) is 6.92 Å². The highest BCUT2D eigenvalue weighted by Gasteiger charge is 2.26. The van der Waals surface area contributed by atoms with E-state index < -0.39 is 10.0 Å². The molecule has 3 rings (SSSR count). The van der Waals surface area contributed by atoms with Gasteiger partial charge in [-0.2, -0.15) is 25.3 Å². The standard InChI is InChI=1S/C18H19N3O3S2/c1-13-7-9-15(10-8-13)26(23,24)21-20-17-12-25-11-16(17)19-18(22)14-5-3-2-4-6-14/h2-10,16,21H,11-12H2,1H3,(H,19,22)/b20-17-. The van der Waals surface area contributed by atoms with Gasteiger partial charge in [-0.1, -0.05) is 35.9 Å². The van der Waals surface area contributed by atoms with Crippen LogP contribution in [0.2, 0.25) is 0 Å². The first-order chi connectivity index (χ1) is 12.5. The Kier molecular flexibility index (Phi) is 5.63. The van der Waals surface area contributed by atoms with Crippen molar-refractivity contribution in [1.29, 1.82) is 0 Å². The van der Waals surface area contributed by atoms with Crippen molar-refractivity contribution in [2.75, 3.05) is 11.5 Å². The molecule has 0 bridgehead atoms. The third kappa shape index (κ3) is 4.44. The van der Waals surface area contributed by atoms with Crippen LogP contribution < -0.4 is 10.1 Å². The van der Waals surface area contributed by atoms with Crippen molar-refractivity contribution in [3.05, 3.63) is 65.7 Å². The zero-order valence-electron chi connectivity index (χ0n) is 14.2. The molecular formula is C18H19N3O3S2. The fraction of sp³-hybridized carbons (Fsp3) is 0.222. The summed E-state index contributed by atoms with van der Waals surface area (Å²) in [7, 11) is -3.73. The highest BCUT2D eigenvalue weighted by molar-refractivity contribution is 8.00. The van der Waals surface area contributed by atoms with Gasteiger partial charge >= 0.3 is 0 Å². The molecule has 1 aliphatic rings. The van der Waals surface area contributed by atoms with E-state index in [1.54, 1.807) is 48.2 Å². The highest BCUT2D eigenvalue weighted by Crippen LogP contribution is 2.17. The van der Waals surface area contributed by atoms with Crippen LogP contribution in [-0.4, -0.2) is 37.6 Å². The van der Waals surface area contributed by atoms with Crippen LogP contribution in [0.15, 0.2) is 64.6 Å². The van der Waals surface area contributed by atoms with Crippen molar-refractivity contribution in [3.8, 4) is 0 Å². The Morgan fingerprint density at radius 3 is 2.50 bits per heavy atom. The van der Waals surface area contributed by atoms with E-state index in [2.05, 4.69) is 15.2 Å². The number of hydrogen-bond donors (Lipinski definition) is 2. The Labute approximate surface area is 157 Å². The van der Waals surface area contributed by atoms with Gasteiger partial charge in [0.15, 0.2) is 0 Å². The van der Waals surface area contributed by atoms with Gasteiger partial charge in [0.25, 0.3) is 15.9 Å². The summed E-state index contributed by atoms with van der Waals surface area (Å²) in [5.41, 5.74) is 2.14. The molecule has 0 radical (unpaired) electrons. The second-order valence-electron chi connectivity index (χ2n) is 5.92. The largest absolute Gasteiger partial charge is 0.343 e. The predicted molar refractivity (Wildman–Crippen MR) is 104 cm³/mol.